The second kappa shape index (κ2) is 7.62. The van der Waals surface area contributed by atoms with Crippen molar-refractivity contribution in [3.63, 3.8) is 0 Å². The van der Waals surface area contributed by atoms with Gasteiger partial charge in [-0.3, -0.25) is 4.79 Å². The number of ether oxygens (including phenoxy) is 1. The summed E-state index contributed by atoms with van der Waals surface area (Å²) >= 11 is 1.59. The number of carbonyl (C=O) groups is 1. The molecule has 24 heavy (non-hydrogen) atoms. The summed E-state index contributed by atoms with van der Waals surface area (Å²) in [6, 6.07) is 9.65. The molecule has 1 atom stereocenters. The fourth-order valence-electron chi connectivity index (χ4n) is 2.91. The molecule has 1 heterocycles. The second-order valence-corrected chi connectivity index (χ2v) is 7.21. The number of thiophene rings is 1. The van der Waals surface area contributed by atoms with E-state index in [1.165, 1.54) is 16.9 Å². The summed E-state index contributed by atoms with van der Waals surface area (Å²) in [6.07, 6.45) is 4.99. The molecule has 4 nitrogen and oxygen atoms in total. The Bertz CT molecular complexity index is 752. The molecule has 5 heteroatoms. The topological polar surface area (TPSA) is 50.7 Å². The quantitative estimate of drug-likeness (QED) is 0.659. The molecule has 3 rings (SSSR count). The maximum absolute atomic E-state index is 12.3. The first kappa shape index (κ1) is 16.7. The van der Waals surface area contributed by atoms with Gasteiger partial charge in [0.05, 0.1) is 17.7 Å². The summed E-state index contributed by atoms with van der Waals surface area (Å²) < 4.78 is 5.54. The third kappa shape index (κ3) is 3.85. The van der Waals surface area contributed by atoms with Crippen molar-refractivity contribution in [1.82, 2.24) is 5.43 Å². The number of aryl methyl sites for hydroxylation is 1. The number of amides is 1. The molecule has 1 aromatic carbocycles. The first-order chi connectivity index (χ1) is 11.7. The van der Waals surface area contributed by atoms with Gasteiger partial charge in [0.1, 0.15) is 5.75 Å². The number of hydrazone groups is 1. The number of para-hydroxylation sites is 1. The van der Waals surface area contributed by atoms with Gasteiger partial charge in [0.2, 0.25) is 0 Å². The molecule has 1 unspecified atom stereocenters. The zero-order chi connectivity index (χ0) is 16.9. The Kier molecular flexibility index (Phi) is 5.30. The molecule has 0 aliphatic heterocycles. The molecule has 1 aromatic heterocycles. The van der Waals surface area contributed by atoms with Crippen LogP contribution in [-0.4, -0.2) is 18.7 Å². The van der Waals surface area contributed by atoms with Gasteiger partial charge >= 0.3 is 0 Å². The first-order valence-electron chi connectivity index (χ1n) is 8.34. The lowest BCUT2D eigenvalue weighted by atomic mass is 9.90. The van der Waals surface area contributed by atoms with Gasteiger partial charge in [-0.25, -0.2) is 5.43 Å². The highest BCUT2D eigenvalue weighted by atomic mass is 32.1. The van der Waals surface area contributed by atoms with Gasteiger partial charge in [-0.05, 0) is 55.9 Å². The normalized spacial score (nSPS) is 16.8. The predicted molar refractivity (Wildman–Crippen MR) is 98.2 cm³/mol. The Hall–Kier alpha value is -2.14. The van der Waals surface area contributed by atoms with Crippen molar-refractivity contribution in [1.29, 1.82) is 0 Å². The maximum Gasteiger partial charge on any atom is 0.281 e. The van der Waals surface area contributed by atoms with Gasteiger partial charge in [0.15, 0.2) is 0 Å². The lowest BCUT2D eigenvalue weighted by Gasteiger charge is -2.16. The number of nitrogens with one attached hydrogen (secondary N) is 1. The van der Waals surface area contributed by atoms with E-state index in [2.05, 4.69) is 17.5 Å². The van der Waals surface area contributed by atoms with Crippen LogP contribution in [0.5, 0.6) is 5.75 Å². The van der Waals surface area contributed by atoms with Crippen LogP contribution >= 0.6 is 11.3 Å². The molecule has 0 bridgehead atoms. The van der Waals surface area contributed by atoms with Crippen LogP contribution in [0.3, 0.4) is 0 Å². The lowest BCUT2D eigenvalue weighted by Crippen LogP contribution is -2.16. The molecule has 0 saturated heterocycles. The van der Waals surface area contributed by atoms with Crippen LogP contribution in [0.25, 0.3) is 0 Å². The minimum atomic E-state index is -0.146. The Balaban J connectivity index is 1.66. The van der Waals surface area contributed by atoms with Crippen LogP contribution in [-0.2, 0) is 12.8 Å². The van der Waals surface area contributed by atoms with E-state index in [1.807, 2.05) is 37.3 Å². The molecule has 1 aliphatic carbocycles. The summed E-state index contributed by atoms with van der Waals surface area (Å²) in [4.78, 5) is 14.4. The van der Waals surface area contributed by atoms with Gasteiger partial charge in [-0.2, -0.15) is 5.10 Å². The monoisotopic (exact) mass is 342 g/mol. The van der Waals surface area contributed by atoms with E-state index in [4.69, 9.17) is 4.74 Å². The number of fused-ring (bicyclic) bond motifs is 1. The predicted octanol–water partition coefficient (Wildman–Crippen LogP) is 4.04. The molecular formula is C19H22N2O2S. The lowest BCUT2D eigenvalue weighted by molar-refractivity contribution is 0.0959. The molecule has 0 spiro atoms. The Morgan fingerprint density at radius 2 is 2.29 bits per heavy atom. The molecule has 0 fully saturated rings. The Morgan fingerprint density at radius 3 is 3.12 bits per heavy atom. The van der Waals surface area contributed by atoms with Crippen LogP contribution in [0.4, 0.5) is 0 Å². The van der Waals surface area contributed by atoms with E-state index in [0.717, 1.165) is 29.0 Å². The molecule has 0 radical (unpaired) electrons. The zero-order valence-electron chi connectivity index (χ0n) is 14.0. The van der Waals surface area contributed by atoms with E-state index in [1.54, 1.807) is 17.6 Å². The number of hydrogen-bond acceptors (Lipinski definition) is 4. The molecule has 0 saturated carbocycles. The van der Waals surface area contributed by atoms with Crippen molar-refractivity contribution < 1.29 is 9.53 Å². The van der Waals surface area contributed by atoms with Gasteiger partial charge in [-0.15, -0.1) is 11.3 Å². The summed E-state index contributed by atoms with van der Waals surface area (Å²) in [7, 11) is 0. The average molecular weight is 342 g/mol. The Morgan fingerprint density at radius 1 is 1.46 bits per heavy atom. The highest BCUT2D eigenvalue weighted by Gasteiger charge is 2.20. The zero-order valence-corrected chi connectivity index (χ0v) is 14.9. The summed E-state index contributed by atoms with van der Waals surface area (Å²) in [6.45, 7) is 4.80. The molecule has 126 valence electrons. The van der Waals surface area contributed by atoms with Gasteiger partial charge in [0.25, 0.3) is 5.91 Å². The fourth-order valence-corrected chi connectivity index (χ4v) is 4.01. The molecule has 1 N–H and O–H groups in total. The largest absolute Gasteiger partial charge is 0.493 e. The van der Waals surface area contributed by atoms with Crippen molar-refractivity contribution in [3.05, 3.63) is 51.2 Å². The van der Waals surface area contributed by atoms with Crippen LogP contribution < -0.4 is 10.2 Å². The number of benzene rings is 1. The summed E-state index contributed by atoms with van der Waals surface area (Å²) in [5.41, 5.74) is 4.80. The smallest absolute Gasteiger partial charge is 0.281 e. The summed E-state index contributed by atoms with van der Waals surface area (Å²) in [5.74, 6) is 1.32. The molecule has 1 aliphatic rings. The SMILES string of the molecule is CCOc1ccccc1/C=N/NC(=O)c1cc2c(s1)CCC(C)C2. The van der Waals surface area contributed by atoms with Crippen molar-refractivity contribution in [2.75, 3.05) is 6.61 Å². The van der Waals surface area contributed by atoms with Gasteiger partial charge in [0, 0.05) is 10.4 Å². The Labute approximate surface area is 146 Å². The van der Waals surface area contributed by atoms with Crippen LogP contribution in [0.15, 0.2) is 35.4 Å². The third-order valence-corrected chi connectivity index (χ3v) is 5.38. The van der Waals surface area contributed by atoms with E-state index >= 15 is 0 Å². The number of rotatable bonds is 5. The van der Waals surface area contributed by atoms with E-state index in [0.29, 0.717) is 12.5 Å². The van der Waals surface area contributed by atoms with E-state index in [-0.39, 0.29) is 5.91 Å². The average Bonchev–Trinajstić information content (AvgIpc) is 3.00. The van der Waals surface area contributed by atoms with Crippen molar-refractivity contribution in [3.8, 4) is 5.75 Å². The van der Waals surface area contributed by atoms with E-state index in [9.17, 15) is 4.79 Å². The number of carbonyl (C=O) groups excluding carboxylic acids is 1. The summed E-state index contributed by atoms with van der Waals surface area (Å²) in [5, 5.41) is 4.08. The minimum Gasteiger partial charge on any atom is -0.493 e. The highest BCUT2D eigenvalue weighted by molar-refractivity contribution is 7.14. The van der Waals surface area contributed by atoms with Gasteiger partial charge in [-0.1, -0.05) is 19.1 Å². The molecule has 2 aromatic rings. The van der Waals surface area contributed by atoms with Crippen molar-refractivity contribution >= 4 is 23.5 Å². The van der Waals surface area contributed by atoms with Gasteiger partial charge < -0.3 is 4.74 Å². The number of nitrogens with zero attached hydrogens (tertiary/aromatic N) is 1. The van der Waals surface area contributed by atoms with E-state index < -0.39 is 0 Å². The second-order valence-electron chi connectivity index (χ2n) is 6.08. The highest BCUT2D eigenvalue weighted by Crippen LogP contribution is 2.32. The standard InChI is InChI=1S/C19H22N2O2S/c1-3-23-16-7-5-4-6-14(16)12-20-21-19(22)18-11-15-10-13(2)8-9-17(15)24-18/h4-7,11-13H,3,8-10H2,1-2H3,(H,21,22)/b20-12+. The van der Waals surface area contributed by atoms with Crippen molar-refractivity contribution in [2.45, 2.75) is 33.1 Å². The maximum atomic E-state index is 12.3. The molecule has 1 amide bonds. The minimum absolute atomic E-state index is 0.146. The number of hydrogen-bond donors (Lipinski definition) is 1. The fraction of sp³-hybridized carbons (Fsp3) is 0.368. The van der Waals surface area contributed by atoms with Crippen molar-refractivity contribution in [2.24, 2.45) is 11.0 Å². The third-order valence-electron chi connectivity index (χ3n) is 4.14. The molecular weight excluding hydrogens is 320 g/mol. The van der Waals surface area contributed by atoms with Crippen LogP contribution in [0, 0.1) is 5.92 Å². The van der Waals surface area contributed by atoms with Crippen LogP contribution in [0.2, 0.25) is 0 Å². The van der Waals surface area contributed by atoms with Crippen LogP contribution in [0.1, 0.15) is 45.9 Å². The first-order valence-corrected chi connectivity index (χ1v) is 9.15.